The number of nitrogens with zero attached hydrogens (tertiary/aromatic N) is 1. The zero-order valence-electron chi connectivity index (χ0n) is 12.2. The summed E-state index contributed by atoms with van der Waals surface area (Å²) < 4.78 is 5.87. The van der Waals surface area contributed by atoms with Gasteiger partial charge in [-0.05, 0) is 44.9 Å². The van der Waals surface area contributed by atoms with Crippen LogP contribution in [0.1, 0.15) is 51.9 Å². The molecule has 19 heavy (non-hydrogen) atoms. The van der Waals surface area contributed by atoms with Gasteiger partial charge in [-0.25, -0.2) is 4.79 Å². The number of likely N-dealkylation sites (tertiary alicyclic amines) is 1. The van der Waals surface area contributed by atoms with Gasteiger partial charge in [0.2, 0.25) is 0 Å². The van der Waals surface area contributed by atoms with Crippen molar-refractivity contribution in [2.24, 2.45) is 5.92 Å². The number of ether oxygens (including phenoxy) is 1. The third kappa shape index (κ3) is 4.37. The molecule has 0 aromatic carbocycles. The average molecular weight is 268 g/mol. The molecule has 2 aliphatic rings. The van der Waals surface area contributed by atoms with Gasteiger partial charge in [-0.3, -0.25) is 0 Å². The summed E-state index contributed by atoms with van der Waals surface area (Å²) in [7, 11) is 0. The van der Waals surface area contributed by atoms with Gasteiger partial charge >= 0.3 is 6.03 Å². The summed E-state index contributed by atoms with van der Waals surface area (Å²) in [4.78, 5) is 13.8. The number of urea groups is 1. The Morgan fingerprint density at radius 3 is 2.58 bits per heavy atom. The van der Waals surface area contributed by atoms with Crippen LogP contribution >= 0.6 is 0 Å². The molecule has 1 saturated heterocycles. The highest BCUT2D eigenvalue weighted by atomic mass is 16.5. The number of carbonyl (C=O) groups excluding carboxylic acids is 1. The first-order valence-corrected chi connectivity index (χ1v) is 7.95. The Hall–Kier alpha value is -0.770. The third-order valence-electron chi connectivity index (χ3n) is 4.40. The van der Waals surface area contributed by atoms with Gasteiger partial charge in [0.25, 0.3) is 0 Å². The Balaban J connectivity index is 1.67. The fourth-order valence-corrected chi connectivity index (χ4v) is 3.35. The average Bonchev–Trinajstić information content (AvgIpc) is 3.10. The Kier molecular flexibility index (Phi) is 5.95. The summed E-state index contributed by atoms with van der Waals surface area (Å²) >= 11 is 0. The lowest BCUT2D eigenvalue weighted by Crippen LogP contribution is -2.39. The van der Waals surface area contributed by atoms with Crippen molar-refractivity contribution in [2.45, 2.75) is 58.0 Å². The lowest BCUT2D eigenvalue weighted by molar-refractivity contribution is 0.0166. The van der Waals surface area contributed by atoms with Crippen molar-refractivity contribution < 1.29 is 9.53 Å². The Morgan fingerprint density at radius 1 is 1.26 bits per heavy atom. The molecule has 0 spiro atoms. The predicted octanol–water partition coefficient (Wildman–Crippen LogP) is 2.78. The molecule has 1 N–H and O–H groups in total. The van der Waals surface area contributed by atoms with Crippen LogP contribution in [-0.2, 0) is 4.74 Å². The summed E-state index contributed by atoms with van der Waals surface area (Å²) in [6.45, 7) is 5.43. The van der Waals surface area contributed by atoms with Crippen LogP contribution in [0.25, 0.3) is 0 Å². The molecule has 4 nitrogen and oxygen atoms in total. The van der Waals surface area contributed by atoms with E-state index in [1.807, 2.05) is 4.90 Å². The molecule has 1 aliphatic heterocycles. The first-order valence-electron chi connectivity index (χ1n) is 7.95. The van der Waals surface area contributed by atoms with Gasteiger partial charge in [0.1, 0.15) is 0 Å². The van der Waals surface area contributed by atoms with Gasteiger partial charge in [-0.2, -0.15) is 0 Å². The molecule has 4 heteroatoms. The molecule has 0 bridgehead atoms. The first-order chi connectivity index (χ1) is 9.31. The van der Waals surface area contributed by atoms with Gasteiger partial charge in [-0.1, -0.05) is 12.8 Å². The standard InChI is InChI=1S/C15H28N2O2/c1-2-19-14(13-7-3-4-8-13)9-10-16-15(18)17-11-5-6-12-17/h13-14H,2-12H2,1H3,(H,16,18). The van der Waals surface area contributed by atoms with E-state index in [1.165, 1.54) is 25.7 Å². The third-order valence-corrected chi connectivity index (χ3v) is 4.40. The van der Waals surface area contributed by atoms with Crippen LogP contribution in [0.4, 0.5) is 4.79 Å². The molecule has 0 aromatic heterocycles. The molecule has 2 amide bonds. The van der Waals surface area contributed by atoms with Crippen molar-refractivity contribution in [3.8, 4) is 0 Å². The molecule has 110 valence electrons. The van der Waals surface area contributed by atoms with E-state index in [-0.39, 0.29) is 6.03 Å². The molecule has 1 heterocycles. The zero-order chi connectivity index (χ0) is 13.5. The van der Waals surface area contributed by atoms with Crippen molar-refractivity contribution in [1.82, 2.24) is 10.2 Å². The molecule has 1 atom stereocenters. The van der Waals surface area contributed by atoms with E-state index in [1.54, 1.807) is 0 Å². The Morgan fingerprint density at radius 2 is 1.95 bits per heavy atom. The zero-order valence-corrected chi connectivity index (χ0v) is 12.2. The number of hydrogen-bond acceptors (Lipinski definition) is 2. The lowest BCUT2D eigenvalue weighted by Gasteiger charge is -2.24. The van der Waals surface area contributed by atoms with Crippen LogP contribution in [0, 0.1) is 5.92 Å². The summed E-state index contributed by atoms with van der Waals surface area (Å²) in [6, 6.07) is 0.110. The maximum Gasteiger partial charge on any atom is 0.317 e. The summed E-state index contributed by atoms with van der Waals surface area (Å²) in [5.74, 6) is 0.712. The van der Waals surface area contributed by atoms with E-state index in [2.05, 4.69) is 12.2 Å². The largest absolute Gasteiger partial charge is 0.378 e. The van der Waals surface area contributed by atoms with Crippen LogP contribution in [0.2, 0.25) is 0 Å². The molecule has 2 rings (SSSR count). The quantitative estimate of drug-likeness (QED) is 0.805. The molecule has 0 aromatic rings. The SMILES string of the molecule is CCOC(CCNC(=O)N1CCCC1)C1CCCC1. The van der Waals surface area contributed by atoms with E-state index in [4.69, 9.17) is 4.74 Å². The van der Waals surface area contributed by atoms with Crippen molar-refractivity contribution in [3.05, 3.63) is 0 Å². The maximum absolute atomic E-state index is 11.9. The second kappa shape index (κ2) is 7.73. The van der Waals surface area contributed by atoms with Crippen molar-refractivity contribution >= 4 is 6.03 Å². The minimum Gasteiger partial charge on any atom is -0.378 e. The fourth-order valence-electron chi connectivity index (χ4n) is 3.35. The van der Waals surface area contributed by atoms with Gasteiger partial charge in [0, 0.05) is 26.2 Å². The maximum atomic E-state index is 11.9. The van der Waals surface area contributed by atoms with Gasteiger partial charge in [0.05, 0.1) is 6.10 Å². The van der Waals surface area contributed by atoms with E-state index < -0.39 is 0 Å². The number of rotatable bonds is 6. The smallest absolute Gasteiger partial charge is 0.317 e. The normalized spacial score (nSPS) is 21.8. The van der Waals surface area contributed by atoms with Crippen molar-refractivity contribution in [3.63, 3.8) is 0 Å². The second-order valence-corrected chi connectivity index (χ2v) is 5.75. The van der Waals surface area contributed by atoms with Crippen molar-refractivity contribution in [1.29, 1.82) is 0 Å². The van der Waals surface area contributed by atoms with Crippen LogP contribution in [0.15, 0.2) is 0 Å². The van der Waals surface area contributed by atoms with Crippen molar-refractivity contribution in [2.75, 3.05) is 26.2 Å². The topological polar surface area (TPSA) is 41.6 Å². The summed E-state index contributed by atoms with van der Waals surface area (Å²) in [5, 5.41) is 3.04. The number of amides is 2. The fraction of sp³-hybridized carbons (Fsp3) is 0.933. The second-order valence-electron chi connectivity index (χ2n) is 5.75. The van der Waals surface area contributed by atoms with E-state index in [0.29, 0.717) is 12.0 Å². The van der Waals surface area contributed by atoms with E-state index >= 15 is 0 Å². The highest BCUT2D eigenvalue weighted by Crippen LogP contribution is 2.30. The minimum atomic E-state index is 0.110. The van der Waals surface area contributed by atoms with Gasteiger partial charge < -0.3 is 15.0 Å². The number of nitrogens with one attached hydrogen (secondary N) is 1. The summed E-state index contributed by atoms with van der Waals surface area (Å²) in [6.07, 6.45) is 8.87. The van der Waals surface area contributed by atoms with Gasteiger partial charge in [-0.15, -0.1) is 0 Å². The van der Waals surface area contributed by atoms with E-state index in [0.717, 1.165) is 45.5 Å². The molecular formula is C15H28N2O2. The van der Waals surface area contributed by atoms with Crippen LogP contribution in [0.3, 0.4) is 0 Å². The van der Waals surface area contributed by atoms with Crippen LogP contribution in [-0.4, -0.2) is 43.3 Å². The molecule has 0 radical (unpaired) electrons. The molecule has 1 aliphatic carbocycles. The minimum absolute atomic E-state index is 0.110. The van der Waals surface area contributed by atoms with Gasteiger partial charge in [0.15, 0.2) is 0 Å². The monoisotopic (exact) mass is 268 g/mol. The molecule has 1 saturated carbocycles. The Bertz CT molecular complexity index is 271. The number of carbonyl (C=O) groups is 1. The molecule has 2 fully saturated rings. The van der Waals surface area contributed by atoms with Crippen LogP contribution in [0.5, 0.6) is 0 Å². The Labute approximate surface area is 116 Å². The molecular weight excluding hydrogens is 240 g/mol. The van der Waals surface area contributed by atoms with E-state index in [9.17, 15) is 4.79 Å². The molecule has 1 unspecified atom stereocenters. The summed E-state index contributed by atoms with van der Waals surface area (Å²) in [5.41, 5.74) is 0. The lowest BCUT2D eigenvalue weighted by atomic mass is 9.98. The van der Waals surface area contributed by atoms with Crippen LogP contribution < -0.4 is 5.32 Å². The number of hydrogen-bond donors (Lipinski definition) is 1. The first kappa shape index (κ1) is 14.6. The highest BCUT2D eigenvalue weighted by Gasteiger charge is 2.25. The predicted molar refractivity (Wildman–Crippen MR) is 76.2 cm³/mol. The highest BCUT2D eigenvalue weighted by molar-refractivity contribution is 5.74.